The second-order valence-electron chi connectivity index (χ2n) is 7.34. The van der Waals surface area contributed by atoms with E-state index in [1.165, 1.54) is 0 Å². The number of pyridine rings is 1. The molecule has 0 spiro atoms. The molecule has 0 saturated heterocycles. The number of carbonyl (C=O) groups is 1. The summed E-state index contributed by atoms with van der Waals surface area (Å²) in [4.78, 5) is 16.5. The molecule has 6 heteroatoms. The largest absolute Gasteiger partial charge is 0.497 e. The molecule has 6 nitrogen and oxygen atoms in total. The third-order valence-corrected chi connectivity index (χ3v) is 4.85. The number of benzene rings is 2. The number of carboxylic acids is 1. The Labute approximate surface area is 182 Å². The minimum atomic E-state index is -1.00. The number of hydrogen-bond donors (Lipinski definition) is 1. The van der Waals surface area contributed by atoms with Crippen molar-refractivity contribution in [3.8, 4) is 28.5 Å². The van der Waals surface area contributed by atoms with Crippen LogP contribution in [-0.2, 0) is 12.8 Å². The normalized spacial score (nSPS) is 10.7. The number of hydrogen-bond acceptors (Lipinski definition) is 5. The van der Waals surface area contributed by atoms with Crippen molar-refractivity contribution in [2.45, 2.75) is 32.8 Å². The summed E-state index contributed by atoms with van der Waals surface area (Å²) >= 11 is 0. The van der Waals surface area contributed by atoms with Gasteiger partial charge in [0.15, 0.2) is 0 Å². The molecular formula is C25H27NO5. The van der Waals surface area contributed by atoms with Crippen LogP contribution in [0, 0.1) is 0 Å². The van der Waals surface area contributed by atoms with Crippen molar-refractivity contribution in [3.05, 3.63) is 71.4 Å². The summed E-state index contributed by atoms with van der Waals surface area (Å²) in [6, 6.07) is 16.5. The van der Waals surface area contributed by atoms with Gasteiger partial charge in [-0.05, 0) is 74.7 Å². The number of carboxylic acid groups (broad SMARTS) is 1. The maximum atomic E-state index is 11.8. The zero-order valence-corrected chi connectivity index (χ0v) is 18.2. The van der Waals surface area contributed by atoms with Gasteiger partial charge in [0.05, 0.1) is 37.3 Å². The standard InChI is InChI=1S/C25H27NO5/c1-16(2)31-24-8-6-5-7-19(24)21-13-11-20(25(27)28)22(26-21)12-9-17-15-18(29-3)10-14-23(17)30-4/h5-8,10-11,13-16H,9,12H2,1-4H3,(H,27,28). The summed E-state index contributed by atoms with van der Waals surface area (Å²) in [7, 11) is 3.22. The second kappa shape index (κ2) is 9.98. The van der Waals surface area contributed by atoms with Crippen molar-refractivity contribution >= 4 is 5.97 Å². The zero-order chi connectivity index (χ0) is 22.4. The summed E-state index contributed by atoms with van der Waals surface area (Å²) in [5.41, 5.74) is 3.12. The first-order valence-corrected chi connectivity index (χ1v) is 10.1. The van der Waals surface area contributed by atoms with Gasteiger partial charge in [-0.1, -0.05) is 12.1 Å². The minimum Gasteiger partial charge on any atom is -0.497 e. The Morgan fingerprint density at radius 2 is 1.74 bits per heavy atom. The van der Waals surface area contributed by atoms with Crippen LogP contribution in [0.1, 0.15) is 35.5 Å². The highest BCUT2D eigenvalue weighted by molar-refractivity contribution is 5.89. The van der Waals surface area contributed by atoms with Crippen LogP contribution in [0.15, 0.2) is 54.6 Å². The van der Waals surface area contributed by atoms with Gasteiger partial charge in [-0.2, -0.15) is 0 Å². The first-order valence-electron chi connectivity index (χ1n) is 10.1. The maximum Gasteiger partial charge on any atom is 0.337 e. The molecule has 0 unspecified atom stereocenters. The summed E-state index contributed by atoms with van der Waals surface area (Å²) in [5, 5.41) is 9.67. The van der Waals surface area contributed by atoms with Crippen molar-refractivity contribution in [3.63, 3.8) is 0 Å². The van der Waals surface area contributed by atoms with E-state index >= 15 is 0 Å². The fraction of sp³-hybridized carbons (Fsp3) is 0.280. The van der Waals surface area contributed by atoms with Gasteiger partial charge in [0.1, 0.15) is 17.2 Å². The number of rotatable bonds is 9. The molecule has 0 fully saturated rings. The fourth-order valence-corrected chi connectivity index (χ4v) is 3.40. The van der Waals surface area contributed by atoms with Crippen LogP contribution >= 0.6 is 0 Å². The van der Waals surface area contributed by atoms with Crippen LogP contribution < -0.4 is 14.2 Å². The maximum absolute atomic E-state index is 11.8. The summed E-state index contributed by atoms with van der Waals surface area (Å²) in [6.45, 7) is 3.93. The Morgan fingerprint density at radius 3 is 2.42 bits per heavy atom. The van der Waals surface area contributed by atoms with E-state index in [0.717, 1.165) is 22.6 Å². The zero-order valence-electron chi connectivity index (χ0n) is 18.2. The highest BCUT2D eigenvalue weighted by atomic mass is 16.5. The summed E-state index contributed by atoms with van der Waals surface area (Å²) < 4.78 is 16.7. The SMILES string of the molecule is COc1ccc(OC)c(CCc2nc(-c3ccccc3OC(C)C)ccc2C(=O)O)c1. The van der Waals surface area contributed by atoms with Crippen molar-refractivity contribution in [1.29, 1.82) is 0 Å². The van der Waals surface area contributed by atoms with Gasteiger partial charge in [-0.3, -0.25) is 4.98 Å². The summed E-state index contributed by atoms with van der Waals surface area (Å²) in [6.07, 6.45) is 1.01. The lowest BCUT2D eigenvalue weighted by Crippen LogP contribution is -2.09. The van der Waals surface area contributed by atoms with Gasteiger partial charge >= 0.3 is 5.97 Å². The predicted molar refractivity (Wildman–Crippen MR) is 119 cm³/mol. The topological polar surface area (TPSA) is 77.9 Å². The Hall–Kier alpha value is -3.54. The minimum absolute atomic E-state index is 0.0134. The molecule has 3 rings (SSSR count). The van der Waals surface area contributed by atoms with Crippen LogP contribution in [0.5, 0.6) is 17.2 Å². The molecule has 1 N–H and O–H groups in total. The summed E-state index contributed by atoms with van der Waals surface area (Å²) in [5.74, 6) is 1.16. The lowest BCUT2D eigenvalue weighted by atomic mass is 10.0. The molecule has 0 bridgehead atoms. The van der Waals surface area contributed by atoms with Crippen molar-refractivity contribution in [2.24, 2.45) is 0 Å². The average molecular weight is 421 g/mol. The molecule has 0 saturated carbocycles. The molecule has 2 aromatic carbocycles. The molecule has 162 valence electrons. The second-order valence-corrected chi connectivity index (χ2v) is 7.34. The van der Waals surface area contributed by atoms with Gasteiger partial charge < -0.3 is 19.3 Å². The molecule has 0 aliphatic carbocycles. The van der Waals surface area contributed by atoms with E-state index in [9.17, 15) is 9.90 Å². The van der Waals surface area contributed by atoms with E-state index in [-0.39, 0.29) is 11.7 Å². The molecular weight excluding hydrogens is 394 g/mol. The number of aromatic nitrogens is 1. The monoisotopic (exact) mass is 421 g/mol. The first kappa shape index (κ1) is 22.2. The van der Waals surface area contributed by atoms with Crippen LogP contribution in [0.2, 0.25) is 0 Å². The van der Waals surface area contributed by atoms with Crippen LogP contribution in [0.3, 0.4) is 0 Å². The van der Waals surface area contributed by atoms with Crippen LogP contribution in [-0.4, -0.2) is 36.4 Å². The van der Waals surface area contributed by atoms with Crippen LogP contribution in [0.25, 0.3) is 11.3 Å². The number of aromatic carboxylic acids is 1. The molecule has 0 aliphatic rings. The average Bonchev–Trinajstić information content (AvgIpc) is 2.77. The molecule has 0 radical (unpaired) electrons. The predicted octanol–water partition coefficient (Wildman–Crippen LogP) is 5.04. The van der Waals surface area contributed by atoms with E-state index in [1.807, 2.05) is 56.3 Å². The first-order chi connectivity index (χ1) is 14.9. The molecule has 1 heterocycles. The molecule has 0 aliphatic heterocycles. The number of methoxy groups -OCH3 is 2. The van der Waals surface area contributed by atoms with Crippen molar-refractivity contribution in [2.75, 3.05) is 14.2 Å². The van der Waals surface area contributed by atoms with Gasteiger partial charge in [0.25, 0.3) is 0 Å². The smallest absolute Gasteiger partial charge is 0.337 e. The number of para-hydroxylation sites is 1. The Kier molecular flexibility index (Phi) is 7.13. The lowest BCUT2D eigenvalue weighted by molar-refractivity contribution is 0.0695. The van der Waals surface area contributed by atoms with E-state index in [4.69, 9.17) is 19.2 Å². The molecule has 0 atom stereocenters. The Morgan fingerprint density at radius 1 is 0.968 bits per heavy atom. The molecule has 31 heavy (non-hydrogen) atoms. The number of ether oxygens (including phenoxy) is 3. The van der Waals surface area contributed by atoms with Crippen molar-refractivity contribution in [1.82, 2.24) is 4.98 Å². The van der Waals surface area contributed by atoms with Gasteiger partial charge in [0, 0.05) is 5.56 Å². The quantitative estimate of drug-likeness (QED) is 0.522. The lowest BCUT2D eigenvalue weighted by Gasteiger charge is -2.15. The molecule has 3 aromatic rings. The van der Waals surface area contributed by atoms with Crippen LogP contribution in [0.4, 0.5) is 0 Å². The molecule has 0 amide bonds. The van der Waals surface area contributed by atoms with E-state index in [1.54, 1.807) is 26.4 Å². The van der Waals surface area contributed by atoms with E-state index in [2.05, 4.69) is 0 Å². The van der Waals surface area contributed by atoms with E-state index < -0.39 is 5.97 Å². The highest BCUT2D eigenvalue weighted by Gasteiger charge is 2.16. The third-order valence-electron chi connectivity index (χ3n) is 4.85. The van der Waals surface area contributed by atoms with Crippen molar-refractivity contribution < 1.29 is 24.1 Å². The third kappa shape index (κ3) is 5.34. The van der Waals surface area contributed by atoms with Gasteiger partial charge in [0.2, 0.25) is 0 Å². The number of aryl methyl sites for hydroxylation is 2. The fourth-order valence-electron chi connectivity index (χ4n) is 3.40. The van der Waals surface area contributed by atoms with E-state index in [0.29, 0.717) is 30.0 Å². The highest BCUT2D eigenvalue weighted by Crippen LogP contribution is 2.31. The number of nitrogens with zero attached hydrogens (tertiary/aromatic N) is 1. The molecule has 1 aromatic heterocycles. The Bertz CT molecular complexity index is 1060. The Balaban J connectivity index is 1.97. The van der Waals surface area contributed by atoms with Gasteiger partial charge in [-0.25, -0.2) is 4.79 Å². The van der Waals surface area contributed by atoms with Gasteiger partial charge in [-0.15, -0.1) is 0 Å².